The van der Waals surface area contributed by atoms with Crippen LogP contribution in [-0.2, 0) is 4.79 Å². The number of aliphatic carboxylic acids is 1. The molecule has 1 amide bonds. The van der Waals surface area contributed by atoms with E-state index >= 15 is 0 Å². The third-order valence-corrected chi connectivity index (χ3v) is 4.04. The maximum absolute atomic E-state index is 12.1. The van der Waals surface area contributed by atoms with Crippen molar-refractivity contribution in [3.8, 4) is 5.75 Å². The predicted octanol–water partition coefficient (Wildman–Crippen LogP) is 2.14. The topological polar surface area (TPSA) is 86.6 Å². The van der Waals surface area contributed by atoms with E-state index in [1.165, 1.54) is 0 Å². The highest BCUT2D eigenvalue weighted by atomic mass is 16.4. The number of carbonyl (C=O) groups is 2. The Morgan fingerprint density at radius 2 is 1.86 bits per heavy atom. The van der Waals surface area contributed by atoms with Crippen molar-refractivity contribution in [2.45, 2.75) is 12.8 Å². The van der Waals surface area contributed by atoms with Crippen LogP contribution in [0.15, 0.2) is 36.4 Å². The number of benzene rings is 2. The van der Waals surface area contributed by atoms with Crippen molar-refractivity contribution < 1.29 is 19.8 Å². The van der Waals surface area contributed by atoms with Crippen molar-refractivity contribution in [2.75, 3.05) is 6.54 Å². The lowest BCUT2D eigenvalue weighted by atomic mass is 10.0. The van der Waals surface area contributed by atoms with Crippen LogP contribution in [0.1, 0.15) is 23.2 Å². The first kappa shape index (κ1) is 13.4. The van der Waals surface area contributed by atoms with Crippen LogP contribution in [0.5, 0.6) is 5.75 Å². The maximum atomic E-state index is 12.1. The van der Waals surface area contributed by atoms with Gasteiger partial charge in [0.2, 0.25) is 0 Å². The van der Waals surface area contributed by atoms with Crippen molar-refractivity contribution in [1.29, 1.82) is 0 Å². The molecule has 1 aliphatic rings. The number of carboxylic acids is 1. The summed E-state index contributed by atoms with van der Waals surface area (Å²) in [5.41, 5.74) is -0.655. The molecule has 1 fully saturated rings. The average molecular weight is 285 g/mol. The number of amides is 1. The maximum Gasteiger partial charge on any atom is 0.311 e. The Labute approximate surface area is 121 Å². The van der Waals surface area contributed by atoms with Crippen LogP contribution in [0.25, 0.3) is 10.8 Å². The van der Waals surface area contributed by atoms with Gasteiger partial charge in [0, 0.05) is 11.9 Å². The molecule has 0 atom stereocenters. The van der Waals surface area contributed by atoms with Gasteiger partial charge in [-0.25, -0.2) is 0 Å². The first-order chi connectivity index (χ1) is 10.0. The smallest absolute Gasteiger partial charge is 0.311 e. The Hall–Kier alpha value is -2.56. The van der Waals surface area contributed by atoms with Crippen LogP contribution in [0, 0.1) is 5.41 Å². The van der Waals surface area contributed by atoms with E-state index in [1.54, 1.807) is 24.3 Å². The largest absolute Gasteiger partial charge is 0.506 e. The SMILES string of the molecule is O=C(NCC1(C(=O)O)CC1)c1ccc2ccccc2c1O. The van der Waals surface area contributed by atoms with Crippen molar-refractivity contribution in [2.24, 2.45) is 5.41 Å². The summed E-state index contributed by atoms with van der Waals surface area (Å²) >= 11 is 0. The van der Waals surface area contributed by atoms with Crippen LogP contribution in [-0.4, -0.2) is 28.6 Å². The summed E-state index contributed by atoms with van der Waals surface area (Å²) in [5, 5.41) is 23.3. The van der Waals surface area contributed by atoms with Gasteiger partial charge in [0.1, 0.15) is 5.75 Å². The molecule has 1 aliphatic carbocycles. The quantitative estimate of drug-likeness (QED) is 0.803. The second-order valence-corrected chi connectivity index (χ2v) is 5.45. The fourth-order valence-corrected chi connectivity index (χ4v) is 2.40. The normalized spacial score (nSPS) is 15.6. The lowest BCUT2D eigenvalue weighted by Crippen LogP contribution is -2.34. The van der Waals surface area contributed by atoms with E-state index in [0.717, 1.165) is 5.39 Å². The number of hydrogen-bond acceptors (Lipinski definition) is 3. The van der Waals surface area contributed by atoms with Gasteiger partial charge in [0.25, 0.3) is 5.91 Å². The second-order valence-electron chi connectivity index (χ2n) is 5.45. The second kappa shape index (κ2) is 4.77. The molecule has 0 aliphatic heterocycles. The molecule has 0 heterocycles. The summed E-state index contributed by atoms with van der Waals surface area (Å²) in [5.74, 6) is -1.41. The number of nitrogens with one attached hydrogen (secondary N) is 1. The molecule has 21 heavy (non-hydrogen) atoms. The van der Waals surface area contributed by atoms with E-state index in [0.29, 0.717) is 18.2 Å². The molecule has 2 aromatic carbocycles. The fourth-order valence-electron chi connectivity index (χ4n) is 2.40. The van der Waals surface area contributed by atoms with Crippen LogP contribution in [0.2, 0.25) is 0 Å². The Bertz CT molecular complexity index is 734. The van der Waals surface area contributed by atoms with Gasteiger partial charge in [-0.05, 0) is 24.3 Å². The van der Waals surface area contributed by atoms with Crippen LogP contribution < -0.4 is 5.32 Å². The molecule has 0 bridgehead atoms. The summed E-state index contributed by atoms with van der Waals surface area (Å²) < 4.78 is 0. The minimum atomic E-state index is -0.884. The van der Waals surface area contributed by atoms with Crippen LogP contribution in [0.4, 0.5) is 0 Å². The first-order valence-corrected chi connectivity index (χ1v) is 6.76. The number of hydrogen-bond donors (Lipinski definition) is 3. The molecule has 1 saturated carbocycles. The molecule has 0 unspecified atom stereocenters. The van der Waals surface area contributed by atoms with Crippen LogP contribution in [0.3, 0.4) is 0 Å². The van der Waals surface area contributed by atoms with Crippen molar-refractivity contribution in [3.05, 3.63) is 42.0 Å². The van der Waals surface area contributed by atoms with Gasteiger partial charge in [0.05, 0.1) is 11.0 Å². The molecule has 0 spiro atoms. The summed E-state index contributed by atoms with van der Waals surface area (Å²) in [6.07, 6.45) is 1.15. The molecule has 3 rings (SSSR count). The number of carboxylic acid groups (broad SMARTS) is 1. The van der Waals surface area contributed by atoms with Gasteiger partial charge < -0.3 is 15.5 Å². The Kier molecular flexibility index (Phi) is 3.05. The number of phenolic OH excluding ortho intramolecular Hbond substituents is 1. The van der Waals surface area contributed by atoms with Gasteiger partial charge in [0.15, 0.2) is 0 Å². The van der Waals surface area contributed by atoms with E-state index in [-0.39, 0.29) is 17.9 Å². The van der Waals surface area contributed by atoms with Crippen molar-refractivity contribution in [3.63, 3.8) is 0 Å². The molecule has 3 N–H and O–H groups in total. The molecule has 108 valence electrons. The average Bonchev–Trinajstić information content (AvgIpc) is 3.27. The number of rotatable bonds is 4. The highest BCUT2D eigenvalue weighted by molar-refractivity contribution is 6.03. The van der Waals surface area contributed by atoms with Gasteiger partial charge >= 0.3 is 5.97 Å². The summed E-state index contributed by atoms with van der Waals surface area (Å²) in [6.45, 7) is 0.0907. The van der Waals surface area contributed by atoms with Gasteiger partial charge in [-0.15, -0.1) is 0 Å². The lowest BCUT2D eigenvalue weighted by molar-refractivity contribution is -0.143. The summed E-state index contributed by atoms with van der Waals surface area (Å²) in [4.78, 5) is 23.2. The molecular formula is C16H15NO4. The van der Waals surface area contributed by atoms with E-state index in [1.807, 2.05) is 12.1 Å². The van der Waals surface area contributed by atoms with E-state index < -0.39 is 17.3 Å². The molecule has 0 saturated heterocycles. The third-order valence-electron chi connectivity index (χ3n) is 4.04. The molecule has 5 nitrogen and oxygen atoms in total. The number of phenols is 1. The predicted molar refractivity (Wildman–Crippen MR) is 77.2 cm³/mol. The minimum absolute atomic E-state index is 0.0780. The molecule has 0 radical (unpaired) electrons. The standard InChI is InChI=1S/C16H15NO4/c18-13-11-4-2-1-3-10(11)5-6-12(13)14(19)17-9-16(7-8-16)15(20)21/h1-6,18H,7-9H2,(H,17,19)(H,20,21). The molecule has 5 heteroatoms. The minimum Gasteiger partial charge on any atom is -0.506 e. The number of fused-ring (bicyclic) bond motifs is 1. The Morgan fingerprint density at radius 1 is 1.14 bits per heavy atom. The zero-order valence-electron chi connectivity index (χ0n) is 11.3. The molecular weight excluding hydrogens is 270 g/mol. The zero-order chi connectivity index (χ0) is 15.0. The van der Waals surface area contributed by atoms with E-state index in [4.69, 9.17) is 5.11 Å². The third kappa shape index (κ3) is 2.31. The lowest BCUT2D eigenvalue weighted by Gasteiger charge is -2.12. The van der Waals surface area contributed by atoms with E-state index in [9.17, 15) is 14.7 Å². The highest BCUT2D eigenvalue weighted by Crippen LogP contribution is 2.45. The molecule has 0 aromatic heterocycles. The van der Waals surface area contributed by atoms with Gasteiger partial charge in [-0.1, -0.05) is 30.3 Å². The fraction of sp³-hybridized carbons (Fsp3) is 0.250. The number of carbonyl (C=O) groups excluding carboxylic acids is 1. The Morgan fingerprint density at radius 3 is 2.52 bits per heavy atom. The first-order valence-electron chi connectivity index (χ1n) is 6.76. The van der Waals surface area contributed by atoms with Crippen molar-refractivity contribution in [1.82, 2.24) is 5.32 Å². The summed E-state index contributed by atoms with van der Waals surface area (Å²) in [6, 6.07) is 10.5. The van der Waals surface area contributed by atoms with Gasteiger partial charge in [-0.3, -0.25) is 9.59 Å². The Balaban J connectivity index is 1.82. The summed E-state index contributed by atoms with van der Waals surface area (Å²) in [7, 11) is 0. The van der Waals surface area contributed by atoms with Crippen molar-refractivity contribution >= 4 is 22.6 Å². The highest BCUT2D eigenvalue weighted by Gasteiger charge is 2.50. The van der Waals surface area contributed by atoms with E-state index in [2.05, 4.69) is 5.32 Å². The monoisotopic (exact) mass is 285 g/mol. The molecule has 2 aromatic rings. The van der Waals surface area contributed by atoms with Crippen LogP contribution >= 0.6 is 0 Å². The number of aromatic hydroxyl groups is 1. The zero-order valence-corrected chi connectivity index (χ0v) is 11.3. The van der Waals surface area contributed by atoms with Gasteiger partial charge in [-0.2, -0.15) is 0 Å².